The molecule has 0 atom stereocenters. The van der Waals surface area contributed by atoms with Crippen LogP contribution in [0.15, 0.2) is 34.6 Å². The molecule has 0 unspecified atom stereocenters. The van der Waals surface area contributed by atoms with Crippen molar-refractivity contribution < 1.29 is 9.90 Å². The van der Waals surface area contributed by atoms with E-state index in [4.69, 9.17) is 0 Å². The molecule has 0 aliphatic rings. The van der Waals surface area contributed by atoms with Gasteiger partial charge in [0.25, 0.3) is 0 Å². The predicted molar refractivity (Wildman–Crippen MR) is 66.8 cm³/mol. The van der Waals surface area contributed by atoms with Crippen LogP contribution in [0.2, 0.25) is 0 Å². The fourth-order valence-corrected chi connectivity index (χ4v) is 2.61. The molecule has 0 saturated heterocycles. The number of aromatic nitrogens is 3. The summed E-state index contributed by atoms with van der Waals surface area (Å²) in [5, 5.41) is 9.94. The summed E-state index contributed by atoms with van der Waals surface area (Å²) in [6.45, 7) is 3.53. The molecule has 0 fully saturated rings. The van der Waals surface area contributed by atoms with Gasteiger partial charge in [0.2, 0.25) is 0 Å². The van der Waals surface area contributed by atoms with E-state index in [1.165, 1.54) is 18.1 Å². The lowest BCUT2D eigenvalue weighted by molar-refractivity contribution is 0.0691. The van der Waals surface area contributed by atoms with E-state index < -0.39 is 5.97 Å². The molecule has 0 amide bonds. The van der Waals surface area contributed by atoms with Gasteiger partial charge in [-0.2, -0.15) is 0 Å². The second-order valence-corrected chi connectivity index (χ2v) is 4.74. The molecule has 18 heavy (non-hydrogen) atoms. The minimum atomic E-state index is -0.975. The van der Waals surface area contributed by atoms with E-state index in [0.29, 0.717) is 15.6 Å². The van der Waals surface area contributed by atoms with Crippen LogP contribution in [0, 0.1) is 13.8 Å². The van der Waals surface area contributed by atoms with Crippen LogP contribution < -0.4 is 0 Å². The number of hydrogen-bond acceptors (Lipinski definition) is 5. The van der Waals surface area contributed by atoms with Crippen LogP contribution in [0.25, 0.3) is 0 Å². The smallest absolute Gasteiger partial charge is 0.338 e. The van der Waals surface area contributed by atoms with E-state index in [-0.39, 0.29) is 5.56 Å². The minimum absolute atomic E-state index is 0.226. The Kier molecular flexibility index (Phi) is 3.57. The van der Waals surface area contributed by atoms with E-state index >= 15 is 0 Å². The Labute approximate surface area is 108 Å². The number of carboxylic acid groups (broad SMARTS) is 1. The van der Waals surface area contributed by atoms with Crippen molar-refractivity contribution in [3.8, 4) is 0 Å². The number of carbonyl (C=O) groups is 1. The first-order chi connectivity index (χ1) is 8.58. The molecule has 0 bridgehead atoms. The zero-order valence-electron chi connectivity index (χ0n) is 9.91. The SMILES string of the molecule is Cc1cc(Sc2ccncn2)c(C(=O)O)c(C)n1. The Morgan fingerprint density at radius 1 is 1.39 bits per heavy atom. The molecule has 0 radical (unpaired) electrons. The molecule has 2 rings (SSSR count). The lowest BCUT2D eigenvalue weighted by Crippen LogP contribution is -2.05. The summed E-state index contributed by atoms with van der Waals surface area (Å²) in [5.41, 5.74) is 1.53. The van der Waals surface area contributed by atoms with Crippen molar-refractivity contribution in [3.05, 3.63) is 41.6 Å². The molecule has 2 aromatic heterocycles. The Morgan fingerprint density at radius 3 is 2.78 bits per heavy atom. The normalized spacial score (nSPS) is 10.3. The fourth-order valence-electron chi connectivity index (χ4n) is 1.59. The fraction of sp³-hybridized carbons (Fsp3) is 0.167. The molecule has 2 heterocycles. The van der Waals surface area contributed by atoms with Crippen molar-refractivity contribution in [2.75, 3.05) is 0 Å². The second-order valence-electron chi connectivity index (χ2n) is 3.68. The van der Waals surface area contributed by atoms with Crippen molar-refractivity contribution in [2.24, 2.45) is 0 Å². The van der Waals surface area contributed by atoms with Gasteiger partial charge >= 0.3 is 5.97 Å². The molecule has 0 spiro atoms. The van der Waals surface area contributed by atoms with Crippen LogP contribution in [-0.2, 0) is 0 Å². The maximum absolute atomic E-state index is 11.3. The first-order valence-electron chi connectivity index (χ1n) is 5.23. The summed E-state index contributed by atoms with van der Waals surface area (Å²) in [6.07, 6.45) is 3.06. The quantitative estimate of drug-likeness (QED) is 0.855. The third-order valence-electron chi connectivity index (χ3n) is 2.28. The van der Waals surface area contributed by atoms with Gasteiger partial charge in [-0.05, 0) is 26.0 Å². The van der Waals surface area contributed by atoms with Crippen molar-refractivity contribution in [1.29, 1.82) is 0 Å². The summed E-state index contributed by atoms with van der Waals surface area (Å²) in [5.74, 6) is -0.975. The van der Waals surface area contributed by atoms with Crippen LogP contribution in [0.4, 0.5) is 0 Å². The number of aryl methyl sites for hydroxylation is 2. The molecule has 0 saturated carbocycles. The molecule has 92 valence electrons. The van der Waals surface area contributed by atoms with Gasteiger partial charge in [-0.3, -0.25) is 4.98 Å². The summed E-state index contributed by atoms with van der Waals surface area (Å²) in [7, 11) is 0. The third-order valence-corrected chi connectivity index (χ3v) is 3.27. The molecular formula is C12H11N3O2S. The highest BCUT2D eigenvalue weighted by Gasteiger charge is 2.16. The maximum atomic E-state index is 11.3. The average Bonchev–Trinajstić information content (AvgIpc) is 2.28. The van der Waals surface area contributed by atoms with Gasteiger partial charge in [-0.15, -0.1) is 0 Å². The molecule has 0 aromatic carbocycles. The van der Waals surface area contributed by atoms with Crippen LogP contribution in [0.5, 0.6) is 0 Å². The molecule has 2 aromatic rings. The van der Waals surface area contributed by atoms with Crippen LogP contribution >= 0.6 is 11.8 Å². The molecular weight excluding hydrogens is 250 g/mol. The first-order valence-corrected chi connectivity index (χ1v) is 6.05. The maximum Gasteiger partial charge on any atom is 0.338 e. The van der Waals surface area contributed by atoms with Gasteiger partial charge in [0.15, 0.2) is 0 Å². The average molecular weight is 261 g/mol. The first kappa shape index (κ1) is 12.5. The highest BCUT2D eigenvalue weighted by atomic mass is 32.2. The summed E-state index contributed by atoms with van der Waals surface area (Å²) in [6, 6.07) is 3.49. The Balaban J connectivity index is 2.46. The van der Waals surface area contributed by atoms with E-state index in [0.717, 1.165) is 5.69 Å². The van der Waals surface area contributed by atoms with Crippen LogP contribution in [-0.4, -0.2) is 26.0 Å². The number of hydrogen-bond donors (Lipinski definition) is 1. The Morgan fingerprint density at radius 2 is 2.17 bits per heavy atom. The lowest BCUT2D eigenvalue weighted by Gasteiger charge is -2.08. The minimum Gasteiger partial charge on any atom is -0.478 e. The third kappa shape index (κ3) is 2.65. The summed E-state index contributed by atoms with van der Waals surface area (Å²) >= 11 is 1.30. The van der Waals surface area contributed by atoms with Crippen molar-refractivity contribution in [3.63, 3.8) is 0 Å². The van der Waals surface area contributed by atoms with E-state index in [1.54, 1.807) is 25.3 Å². The van der Waals surface area contributed by atoms with Gasteiger partial charge < -0.3 is 5.11 Å². The van der Waals surface area contributed by atoms with Crippen LogP contribution in [0.1, 0.15) is 21.7 Å². The lowest BCUT2D eigenvalue weighted by atomic mass is 10.2. The number of aromatic carboxylic acids is 1. The molecule has 5 nitrogen and oxygen atoms in total. The molecule has 0 aliphatic heterocycles. The highest BCUT2D eigenvalue weighted by Crippen LogP contribution is 2.30. The van der Waals surface area contributed by atoms with E-state index in [2.05, 4.69) is 15.0 Å². The zero-order valence-corrected chi connectivity index (χ0v) is 10.7. The van der Waals surface area contributed by atoms with Gasteiger partial charge in [0.1, 0.15) is 11.4 Å². The Bertz CT molecular complexity index is 587. The molecule has 6 heteroatoms. The van der Waals surface area contributed by atoms with Crippen molar-refractivity contribution in [1.82, 2.24) is 15.0 Å². The number of carboxylic acids is 1. The Hall–Kier alpha value is -1.95. The topological polar surface area (TPSA) is 76.0 Å². The molecule has 0 aliphatic carbocycles. The number of pyridine rings is 1. The second kappa shape index (κ2) is 5.14. The van der Waals surface area contributed by atoms with Gasteiger partial charge in [0.05, 0.1) is 11.3 Å². The summed E-state index contributed by atoms with van der Waals surface area (Å²) < 4.78 is 0. The number of rotatable bonds is 3. The van der Waals surface area contributed by atoms with Gasteiger partial charge in [-0.1, -0.05) is 11.8 Å². The van der Waals surface area contributed by atoms with Gasteiger partial charge in [-0.25, -0.2) is 14.8 Å². The monoisotopic (exact) mass is 261 g/mol. The number of nitrogens with zero attached hydrogens (tertiary/aromatic N) is 3. The summed E-state index contributed by atoms with van der Waals surface area (Å²) in [4.78, 5) is 24.0. The van der Waals surface area contributed by atoms with E-state index in [1.807, 2.05) is 6.92 Å². The standard InChI is InChI=1S/C12H11N3O2S/c1-7-5-9(11(12(16)17)8(2)15-7)18-10-3-4-13-6-14-10/h3-6H,1-2H3,(H,16,17). The highest BCUT2D eigenvalue weighted by molar-refractivity contribution is 7.99. The van der Waals surface area contributed by atoms with Crippen molar-refractivity contribution in [2.45, 2.75) is 23.8 Å². The van der Waals surface area contributed by atoms with Crippen LogP contribution in [0.3, 0.4) is 0 Å². The largest absolute Gasteiger partial charge is 0.478 e. The molecule has 1 N–H and O–H groups in total. The van der Waals surface area contributed by atoms with E-state index in [9.17, 15) is 9.90 Å². The predicted octanol–water partition coefficient (Wildman–Crippen LogP) is 2.34. The van der Waals surface area contributed by atoms with Crippen molar-refractivity contribution >= 4 is 17.7 Å². The zero-order chi connectivity index (χ0) is 13.1. The van der Waals surface area contributed by atoms with Gasteiger partial charge in [0, 0.05) is 16.8 Å².